The highest BCUT2D eigenvalue weighted by atomic mass is 16.1. The summed E-state index contributed by atoms with van der Waals surface area (Å²) >= 11 is 0. The first kappa shape index (κ1) is 11.9. The predicted molar refractivity (Wildman–Crippen MR) is 51.2 cm³/mol. The molecule has 0 saturated heterocycles. The Labute approximate surface area is 79.3 Å². The Kier molecular flexibility index (Phi) is 6.96. The van der Waals surface area contributed by atoms with Crippen molar-refractivity contribution in [1.82, 2.24) is 10.2 Å². The van der Waals surface area contributed by atoms with E-state index >= 15 is 0 Å². The lowest BCUT2D eigenvalue weighted by molar-refractivity contribution is -0.122. The van der Waals surface area contributed by atoms with Crippen molar-refractivity contribution < 1.29 is 9.59 Å². The number of hydrogen-bond donors (Lipinski definition) is 1. The van der Waals surface area contributed by atoms with Crippen LogP contribution in [0.3, 0.4) is 0 Å². The second-order valence-electron chi connectivity index (χ2n) is 3.04. The fourth-order valence-corrected chi connectivity index (χ4v) is 0.850. The van der Waals surface area contributed by atoms with Crippen LogP contribution in [0.25, 0.3) is 0 Å². The lowest BCUT2D eigenvalue weighted by Crippen LogP contribution is -2.32. The number of hydrogen-bond acceptors (Lipinski definition) is 2. The van der Waals surface area contributed by atoms with Gasteiger partial charge in [0.05, 0.1) is 0 Å². The van der Waals surface area contributed by atoms with Gasteiger partial charge in [0, 0.05) is 26.6 Å². The molecule has 0 rings (SSSR count). The van der Waals surface area contributed by atoms with Gasteiger partial charge in [0.15, 0.2) is 0 Å². The summed E-state index contributed by atoms with van der Waals surface area (Å²) < 4.78 is 0. The van der Waals surface area contributed by atoms with Gasteiger partial charge >= 0.3 is 0 Å². The van der Waals surface area contributed by atoms with Crippen molar-refractivity contribution in [1.29, 1.82) is 0 Å². The van der Waals surface area contributed by atoms with E-state index < -0.39 is 0 Å². The molecular weight excluding hydrogens is 168 g/mol. The van der Waals surface area contributed by atoms with E-state index in [0.29, 0.717) is 19.5 Å². The van der Waals surface area contributed by atoms with Crippen molar-refractivity contribution in [3.05, 3.63) is 0 Å². The van der Waals surface area contributed by atoms with E-state index in [1.165, 1.54) is 4.90 Å². The van der Waals surface area contributed by atoms with Crippen LogP contribution < -0.4 is 5.32 Å². The molecule has 13 heavy (non-hydrogen) atoms. The summed E-state index contributed by atoms with van der Waals surface area (Å²) in [5.74, 6) is 0.0705. The Hall–Kier alpha value is -1.06. The van der Waals surface area contributed by atoms with Crippen LogP contribution in [0.4, 0.5) is 0 Å². The first-order valence-electron chi connectivity index (χ1n) is 4.63. The zero-order chi connectivity index (χ0) is 10.1. The fraction of sp³-hybridized carbons (Fsp3) is 0.778. The molecule has 76 valence electrons. The second-order valence-corrected chi connectivity index (χ2v) is 3.04. The highest BCUT2D eigenvalue weighted by molar-refractivity contribution is 5.75. The maximum atomic E-state index is 11.1. The van der Waals surface area contributed by atoms with Gasteiger partial charge in [-0.2, -0.15) is 0 Å². The van der Waals surface area contributed by atoms with Crippen LogP contribution in [0.1, 0.15) is 26.2 Å². The summed E-state index contributed by atoms with van der Waals surface area (Å²) in [6.45, 7) is 3.16. The topological polar surface area (TPSA) is 49.4 Å². The molecule has 0 atom stereocenters. The Bertz CT molecular complexity index is 160. The third-order valence-electron chi connectivity index (χ3n) is 1.72. The number of nitrogens with zero attached hydrogens (tertiary/aromatic N) is 1. The monoisotopic (exact) mass is 186 g/mol. The molecule has 0 heterocycles. The van der Waals surface area contributed by atoms with E-state index in [4.69, 9.17) is 0 Å². The molecule has 4 heteroatoms. The number of rotatable bonds is 7. The molecule has 0 aliphatic carbocycles. The van der Waals surface area contributed by atoms with Crippen molar-refractivity contribution in [3.63, 3.8) is 0 Å². The molecule has 0 unspecified atom stereocenters. The highest BCUT2D eigenvalue weighted by Crippen LogP contribution is 1.92. The summed E-state index contributed by atoms with van der Waals surface area (Å²) in [5.41, 5.74) is 0. The Morgan fingerprint density at radius 3 is 2.77 bits per heavy atom. The molecule has 0 fully saturated rings. The third-order valence-corrected chi connectivity index (χ3v) is 1.72. The summed E-state index contributed by atoms with van der Waals surface area (Å²) in [7, 11) is 1.69. The molecule has 0 bridgehead atoms. The fourth-order valence-electron chi connectivity index (χ4n) is 0.850. The van der Waals surface area contributed by atoms with Gasteiger partial charge in [-0.05, 0) is 6.42 Å². The van der Waals surface area contributed by atoms with Gasteiger partial charge in [-0.15, -0.1) is 0 Å². The molecule has 1 N–H and O–H groups in total. The average Bonchev–Trinajstić information content (AvgIpc) is 2.14. The standard InChI is InChI=1S/C9H18N2O2/c1-3-4-5-9(13)10-6-7-11(2)8-12/h8H,3-7H2,1-2H3,(H,10,13). The van der Waals surface area contributed by atoms with Gasteiger partial charge < -0.3 is 10.2 Å². The van der Waals surface area contributed by atoms with E-state index in [0.717, 1.165) is 19.3 Å². The summed E-state index contributed by atoms with van der Waals surface area (Å²) in [6, 6.07) is 0. The van der Waals surface area contributed by atoms with E-state index in [1.54, 1.807) is 7.05 Å². The maximum absolute atomic E-state index is 11.1. The van der Waals surface area contributed by atoms with Crippen LogP contribution in [0.2, 0.25) is 0 Å². The van der Waals surface area contributed by atoms with E-state index in [2.05, 4.69) is 5.32 Å². The second kappa shape index (κ2) is 7.58. The SMILES string of the molecule is CCCCC(=O)NCCN(C)C=O. The van der Waals surface area contributed by atoms with Gasteiger partial charge in [-0.25, -0.2) is 0 Å². The third kappa shape index (κ3) is 7.31. The first-order valence-corrected chi connectivity index (χ1v) is 4.63. The van der Waals surface area contributed by atoms with Crippen molar-refractivity contribution in [2.45, 2.75) is 26.2 Å². The molecule has 0 spiro atoms. The van der Waals surface area contributed by atoms with Gasteiger partial charge in [-0.3, -0.25) is 9.59 Å². The van der Waals surface area contributed by atoms with Crippen LogP contribution in [0.15, 0.2) is 0 Å². The van der Waals surface area contributed by atoms with E-state index in [1.807, 2.05) is 6.92 Å². The zero-order valence-corrected chi connectivity index (χ0v) is 8.38. The molecule has 2 amide bonds. The summed E-state index contributed by atoms with van der Waals surface area (Å²) in [6.07, 6.45) is 3.29. The van der Waals surface area contributed by atoms with Crippen LogP contribution in [0.5, 0.6) is 0 Å². The van der Waals surface area contributed by atoms with Crippen molar-refractivity contribution in [2.75, 3.05) is 20.1 Å². The molecule has 0 radical (unpaired) electrons. The predicted octanol–water partition coefficient (Wildman–Crippen LogP) is 0.381. The number of nitrogens with one attached hydrogen (secondary N) is 1. The van der Waals surface area contributed by atoms with Crippen molar-refractivity contribution >= 4 is 12.3 Å². The Morgan fingerprint density at radius 1 is 1.54 bits per heavy atom. The van der Waals surface area contributed by atoms with Gasteiger partial charge in [-0.1, -0.05) is 13.3 Å². The molecular formula is C9H18N2O2. The van der Waals surface area contributed by atoms with Crippen molar-refractivity contribution in [2.24, 2.45) is 0 Å². The first-order chi connectivity index (χ1) is 6.20. The normalized spacial score (nSPS) is 9.38. The van der Waals surface area contributed by atoms with Gasteiger partial charge in [0.1, 0.15) is 0 Å². The van der Waals surface area contributed by atoms with Gasteiger partial charge in [0.2, 0.25) is 12.3 Å². The van der Waals surface area contributed by atoms with Crippen molar-refractivity contribution in [3.8, 4) is 0 Å². The number of amides is 2. The van der Waals surface area contributed by atoms with Crippen LogP contribution in [-0.4, -0.2) is 37.4 Å². The molecule has 0 saturated carbocycles. The van der Waals surface area contributed by atoms with Crippen LogP contribution in [-0.2, 0) is 9.59 Å². The number of unbranched alkanes of at least 4 members (excludes halogenated alkanes) is 1. The Morgan fingerprint density at radius 2 is 2.23 bits per heavy atom. The minimum absolute atomic E-state index is 0.0705. The Balaban J connectivity index is 3.31. The van der Waals surface area contributed by atoms with E-state index in [9.17, 15) is 9.59 Å². The molecule has 4 nitrogen and oxygen atoms in total. The summed E-state index contributed by atoms with van der Waals surface area (Å²) in [5, 5.41) is 2.74. The van der Waals surface area contributed by atoms with Gasteiger partial charge in [0.25, 0.3) is 0 Å². The number of carbonyl (C=O) groups excluding carboxylic acids is 2. The quantitative estimate of drug-likeness (QED) is 0.584. The van der Waals surface area contributed by atoms with E-state index in [-0.39, 0.29) is 5.91 Å². The lowest BCUT2D eigenvalue weighted by atomic mass is 10.2. The molecule has 0 aromatic heterocycles. The zero-order valence-electron chi connectivity index (χ0n) is 8.38. The maximum Gasteiger partial charge on any atom is 0.220 e. The number of carbonyl (C=O) groups is 2. The van der Waals surface area contributed by atoms with Crippen LogP contribution >= 0.6 is 0 Å². The molecule has 0 aromatic rings. The molecule has 0 aromatic carbocycles. The minimum atomic E-state index is 0.0705. The number of likely N-dealkylation sites (N-methyl/N-ethyl adjacent to an activating group) is 1. The molecule has 0 aliphatic heterocycles. The largest absolute Gasteiger partial charge is 0.354 e. The highest BCUT2D eigenvalue weighted by Gasteiger charge is 1.99. The smallest absolute Gasteiger partial charge is 0.220 e. The average molecular weight is 186 g/mol. The molecule has 0 aliphatic rings. The van der Waals surface area contributed by atoms with Crippen LogP contribution in [0, 0.1) is 0 Å². The lowest BCUT2D eigenvalue weighted by Gasteiger charge is -2.10. The summed E-state index contributed by atoms with van der Waals surface area (Å²) in [4.78, 5) is 22.7. The minimum Gasteiger partial charge on any atom is -0.354 e.